The molecule has 4 aromatic rings. The van der Waals surface area contributed by atoms with Crippen molar-refractivity contribution in [1.29, 1.82) is 0 Å². The summed E-state index contributed by atoms with van der Waals surface area (Å²) in [6.07, 6.45) is -2.93. The number of alkyl carbamates (subject to hydrolysis) is 1. The third-order valence-electron chi connectivity index (χ3n) is 7.20. The number of hydrogen-bond donors (Lipinski definition) is 3. The summed E-state index contributed by atoms with van der Waals surface area (Å²) in [6, 6.07) is 37.4. The van der Waals surface area contributed by atoms with Crippen LogP contribution in [0.1, 0.15) is 29.2 Å². The number of Topliss-reactive ketones (excluding diaryl/α,β-unsaturated/α-hetero) is 1. The zero-order valence-electron chi connectivity index (χ0n) is 27.4. The predicted molar refractivity (Wildman–Crippen MR) is 184 cm³/mol. The number of nitrogens with one attached hydrogen (secondary N) is 2. The van der Waals surface area contributed by atoms with Crippen molar-refractivity contribution >= 4 is 17.8 Å². The van der Waals surface area contributed by atoms with Crippen molar-refractivity contribution in [3.63, 3.8) is 0 Å². The van der Waals surface area contributed by atoms with Crippen molar-refractivity contribution in [3.05, 3.63) is 155 Å². The quantitative estimate of drug-likeness (QED) is 0.116. The standard InChI is InChI=1S/C39H42N2O8/c1-29(42)23-40-38(44)34(41-39(45)49-27-33-20-12-5-13-21-33)22-36(47-25-31-16-8-3-9-17-31)37(48-26-32-18-10-4-11-19-32)35(43)28-46-24-30-14-6-2-7-15-30/h2-22,35-37,43H,23-28H2,1H3,(H,40,44)(H,41,45)/b34-22-/t35-,36-,37-/m1/s1. The van der Waals surface area contributed by atoms with Crippen LogP contribution in [-0.4, -0.2) is 54.4 Å². The summed E-state index contributed by atoms with van der Waals surface area (Å²) in [5.41, 5.74) is 3.10. The number of aliphatic hydroxyl groups is 1. The van der Waals surface area contributed by atoms with E-state index in [9.17, 15) is 19.5 Å². The van der Waals surface area contributed by atoms with Gasteiger partial charge in [0, 0.05) is 0 Å². The first-order valence-electron chi connectivity index (χ1n) is 16.0. The van der Waals surface area contributed by atoms with Crippen molar-refractivity contribution in [2.45, 2.75) is 51.7 Å². The van der Waals surface area contributed by atoms with E-state index in [1.165, 1.54) is 13.0 Å². The molecule has 0 radical (unpaired) electrons. The third kappa shape index (κ3) is 13.5. The van der Waals surface area contributed by atoms with E-state index in [1.807, 2.05) is 109 Å². The number of amides is 2. The summed E-state index contributed by atoms with van der Waals surface area (Å²) in [5.74, 6) is -1.04. The van der Waals surface area contributed by atoms with Crippen molar-refractivity contribution in [2.75, 3.05) is 13.2 Å². The number of ketones is 1. The minimum atomic E-state index is -1.23. The Kier molecular flexibility index (Phi) is 15.2. The Morgan fingerprint density at radius 2 is 1.14 bits per heavy atom. The van der Waals surface area contributed by atoms with Crippen LogP contribution in [0.5, 0.6) is 0 Å². The van der Waals surface area contributed by atoms with E-state index < -0.39 is 30.3 Å². The lowest BCUT2D eigenvalue weighted by Crippen LogP contribution is -2.44. The molecule has 0 aliphatic rings. The molecule has 2 amide bonds. The highest BCUT2D eigenvalue weighted by Gasteiger charge is 2.31. The normalized spacial score (nSPS) is 13.1. The monoisotopic (exact) mass is 666 g/mol. The Labute approximate surface area is 286 Å². The fourth-order valence-electron chi connectivity index (χ4n) is 4.67. The smallest absolute Gasteiger partial charge is 0.412 e. The summed E-state index contributed by atoms with van der Waals surface area (Å²) in [5, 5.41) is 16.5. The highest BCUT2D eigenvalue weighted by molar-refractivity contribution is 5.98. The summed E-state index contributed by atoms with van der Waals surface area (Å²) < 4.78 is 23.9. The molecule has 256 valence electrons. The largest absolute Gasteiger partial charge is 0.444 e. The lowest BCUT2D eigenvalue weighted by Gasteiger charge is -2.30. The van der Waals surface area contributed by atoms with E-state index in [2.05, 4.69) is 10.6 Å². The summed E-state index contributed by atoms with van der Waals surface area (Å²) in [7, 11) is 0. The number of carbonyl (C=O) groups is 3. The van der Waals surface area contributed by atoms with Gasteiger partial charge in [-0.3, -0.25) is 14.9 Å². The fraction of sp³-hybridized carbons (Fsp3) is 0.256. The SMILES string of the molecule is CC(=O)CNC(=O)/C(=C/[C@@H](OCc1ccccc1)[C@H](OCc1ccccc1)[C@H](O)COCc1ccccc1)NC(=O)OCc1ccccc1. The van der Waals surface area contributed by atoms with E-state index >= 15 is 0 Å². The Morgan fingerprint density at radius 1 is 0.673 bits per heavy atom. The molecule has 4 rings (SSSR count). The second kappa shape index (κ2) is 20.3. The molecular formula is C39H42N2O8. The molecule has 0 aliphatic heterocycles. The summed E-state index contributed by atoms with van der Waals surface area (Å²) in [4.78, 5) is 38.1. The van der Waals surface area contributed by atoms with Crippen molar-refractivity contribution in [3.8, 4) is 0 Å². The molecule has 0 spiro atoms. The van der Waals surface area contributed by atoms with E-state index in [0.29, 0.717) is 0 Å². The van der Waals surface area contributed by atoms with Crippen LogP contribution in [0.3, 0.4) is 0 Å². The van der Waals surface area contributed by atoms with Gasteiger partial charge >= 0.3 is 6.09 Å². The van der Waals surface area contributed by atoms with Crippen LogP contribution in [0.25, 0.3) is 0 Å². The van der Waals surface area contributed by atoms with Gasteiger partial charge in [-0.25, -0.2) is 4.79 Å². The van der Waals surface area contributed by atoms with E-state index in [1.54, 1.807) is 12.1 Å². The van der Waals surface area contributed by atoms with E-state index in [4.69, 9.17) is 18.9 Å². The van der Waals surface area contributed by atoms with Crippen LogP contribution < -0.4 is 10.6 Å². The molecule has 3 N–H and O–H groups in total. The summed E-state index contributed by atoms with van der Waals surface area (Å²) >= 11 is 0. The minimum absolute atomic E-state index is 0.0385. The highest BCUT2D eigenvalue weighted by atomic mass is 16.6. The molecule has 10 heteroatoms. The van der Waals surface area contributed by atoms with Gasteiger partial charge in [0.15, 0.2) is 0 Å². The average Bonchev–Trinajstić information content (AvgIpc) is 3.13. The maximum atomic E-state index is 13.4. The topological polar surface area (TPSA) is 132 Å². The molecule has 3 atom stereocenters. The van der Waals surface area contributed by atoms with Crippen molar-refractivity contribution < 1.29 is 38.4 Å². The molecule has 0 bridgehead atoms. The fourth-order valence-corrected chi connectivity index (χ4v) is 4.67. The Morgan fingerprint density at radius 3 is 1.65 bits per heavy atom. The second-order valence-electron chi connectivity index (χ2n) is 11.2. The van der Waals surface area contributed by atoms with E-state index in [-0.39, 0.29) is 51.1 Å². The third-order valence-corrected chi connectivity index (χ3v) is 7.20. The average molecular weight is 667 g/mol. The second-order valence-corrected chi connectivity index (χ2v) is 11.2. The van der Waals surface area contributed by atoms with Crippen LogP contribution in [0, 0.1) is 0 Å². The van der Waals surface area contributed by atoms with Gasteiger partial charge < -0.3 is 29.4 Å². The molecule has 49 heavy (non-hydrogen) atoms. The maximum absolute atomic E-state index is 13.4. The number of benzene rings is 4. The molecule has 0 heterocycles. The highest BCUT2D eigenvalue weighted by Crippen LogP contribution is 2.19. The number of hydrogen-bond acceptors (Lipinski definition) is 8. The molecule has 0 fully saturated rings. The van der Waals surface area contributed by atoms with Gasteiger partial charge in [0.05, 0.1) is 33.0 Å². The van der Waals surface area contributed by atoms with Gasteiger partial charge in [-0.1, -0.05) is 121 Å². The van der Waals surface area contributed by atoms with Crippen LogP contribution in [0.2, 0.25) is 0 Å². The van der Waals surface area contributed by atoms with Crippen LogP contribution in [0.15, 0.2) is 133 Å². The first-order chi connectivity index (χ1) is 23.9. The lowest BCUT2D eigenvalue weighted by molar-refractivity contribution is -0.134. The first-order valence-corrected chi connectivity index (χ1v) is 16.0. The zero-order valence-corrected chi connectivity index (χ0v) is 27.4. The van der Waals surface area contributed by atoms with Crippen LogP contribution in [-0.2, 0) is 55.0 Å². The predicted octanol–water partition coefficient (Wildman–Crippen LogP) is 5.25. The molecule has 0 saturated carbocycles. The number of aliphatic hydroxyl groups excluding tert-OH is 1. The van der Waals surface area contributed by atoms with Crippen molar-refractivity contribution in [2.24, 2.45) is 0 Å². The number of ether oxygens (including phenoxy) is 4. The molecule has 0 aromatic heterocycles. The van der Waals surface area contributed by atoms with Gasteiger partial charge in [-0.05, 0) is 35.3 Å². The molecule has 0 saturated heterocycles. The van der Waals surface area contributed by atoms with Gasteiger partial charge in [-0.15, -0.1) is 0 Å². The number of rotatable bonds is 19. The first kappa shape index (κ1) is 36.7. The Hall–Kier alpha value is -5.13. The number of carbonyl (C=O) groups excluding carboxylic acids is 3. The van der Waals surface area contributed by atoms with Gasteiger partial charge in [-0.2, -0.15) is 0 Å². The van der Waals surface area contributed by atoms with Crippen LogP contribution in [0.4, 0.5) is 4.79 Å². The summed E-state index contributed by atoms with van der Waals surface area (Å²) in [6.45, 7) is 1.36. The maximum Gasteiger partial charge on any atom is 0.412 e. The van der Waals surface area contributed by atoms with Crippen LogP contribution >= 0.6 is 0 Å². The van der Waals surface area contributed by atoms with Crippen molar-refractivity contribution in [1.82, 2.24) is 10.6 Å². The Bertz CT molecular complexity index is 1600. The Balaban J connectivity index is 1.63. The molecular weight excluding hydrogens is 624 g/mol. The van der Waals surface area contributed by atoms with Gasteiger partial charge in [0.25, 0.3) is 5.91 Å². The molecule has 4 aromatic carbocycles. The lowest BCUT2D eigenvalue weighted by atomic mass is 10.1. The molecule has 0 aliphatic carbocycles. The van der Waals surface area contributed by atoms with Gasteiger partial charge in [0.2, 0.25) is 0 Å². The van der Waals surface area contributed by atoms with E-state index in [0.717, 1.165) is 22.3 Å². The van der Waals surface area contributed by atoms with Gasteiger partial charge in [0.1, 0.15) is 36.4 Å². The molecule has 0 unspecified atom stereocenters. The zero-order chi connectivity index (χ0) is 34.7. The minimum Gasteiger partial charge on any atom is -0.444 e. The molecule has 10 nitrogen and oxygen atoms in total.